The molecule has 12 aromatic rings. The number of fused-ring (bicyclic) bond motifs is 10. The number of nitrogens with zero attached hydrogens (tertiary/aromatic N) is 5. The summed E-state index contributed by atoms with van der Waals surface area (Å²) in [5.41, 5.74) is 9.92. The van der Waals surface area contributed by atoms with Gasteiger partial charge in [-0.05, 0) is 60.0 Å². The quantitative estimate of drug-likeness (QED) is 0.175. The molecule has 4 aromatic heterocycles. The van der Waals surface area contributed by atoms with Crippen LogP contribution in [0.3, 0.4) is 0 Å². The standard InChI is InChI=1S/C50H29N5O2/c1-4-13-31(14-5-1)47-52-48(54-49(53-47)37-20-12-22-42-44(37)36-19-10-11-21-41(36)56-42)33-23-26-35-40(29-33)55(34-17-8-3-9-18-34)39-28-25-30-24-27-38-46(43(30)45(35)39)57-50(51-38)32-15-6-2-7-16-32/h1-29H. The normalized spacial score (nSPS) is 11.9. The summed E-state index contributed by atoms with van der Waals surface area (Å²) in [5.74, 6) is 2.35. The van der Waals surface area contributed by atoms with Gasteiger partial charge in [0.2, 0.25) is 5.89 Å². The van der Waals surface area contributed by atoms with Crippen molar-refractivity contribution in [1.82, 2.24) is 24.5 Å². The predicted molar refractivity (Wildman–Crippen MR) is 228 cm³/mol. The fourth-order valence-corrected chi connectivity index (χ4v) is 8.30. The van der Waals surface area contributed by atoms with Crippen molar-refractivity contribution in [3.05, 3.63) is 176 Å². The third-order valence-electron chi connectivity index (χ3n) is 10.9. The molecule has 0 amide bonds. The zero-order valence-electron chi connectivity index (χ0n) is 30.3. The second-order valence-electron chi connectivity index (χ2n) is 14.2. The van der Waals surface area contributed by atoms with E-state index in [0.717, 1.165) is 93.6 Å². The molecule has 0 spiro atoms. The second kappa shape index (κ2) is 12.3. The lowest BCUT2D eigenvalue weighted by atomic mass is 10.0. The van der Waals surface area contributed by atoms with Gasteiger partial charge in [0.25, 0.3) is 0 Å². The van der Waals surface area contributed by atoms with Gasteiger partial charge in [0.15, 0.2) is 23.1 Å². The number of furan rings is 1. The third kappa shape index (κ3) is 4.92. The van der Waals surface area contributed by atoms with Gasteiger partial charge in [0, 0.05) is 54.9 Å². The molecule has 7 nitrogen and oxygen atoms in total. The van der Waals surface area contributed by atoms with Crippen LogP contribution in [0, 0.1) is 0 Å². The van der Waals surface area contributed by atoms with Crippen molar-refractivity contribution in [2.75, 3.05) is 0 Å². The van der Waals surface area contributed by atoms with E-state index in [0.29, 0.717) is 23.4 Å². The fraction of sp³-hybridized carbons (Fsp3) is 0. The van der Waals surface area contributed by atoms with E-state index in [2.05, 4.69) is 77.4 Å². The monoisotopic (exact) mass is 731 g/mol. The zero-order valence-corrected chi connectivity index (χ0v) is 30.3. The highest BCUT2D eigenvalue weighted by Gasteiger charge is 2.22. The van der Waals surface area contributed by atoms with Crippen LogP contribution in [0.15, 0.2) is 185 Å². The molecule has 0 radical (unpaired) electrons. The van der Waals surface area contributed by atoms with E-state index in [1.54, 1.807) is 0 Å². The molecular formula is C50H29N5O2. The molecule has 0 saturated carbocycles. The lowest BCUT2D eigenvalue weighted by Crippen LogP contribution is -2.00. The summed E-state index contributed by atoms with van der Waals surface area (Å²) < 4.78 is 15.2. The Morgan fingerprint density at radius 3 is 1.91 bits per heavy atom. The number of benzene rings is 8. The summed E-state index contributed by atoms with van der Waals surface area (Å²) in [6.45, 7) is 0. The first-order valence-electron chi connectivity index (χ1n) is 18.9. The van der Waals surface area contributed by atoms with E-state index >= 15 is 0 Å². The Kier molecular flexibility index (Phi) is 6.79. The Hall–Kier alpha value is -7.90. The van der Waals surface area contributed by atoms with Crippen LogP contribution >= 0.6 is 0 Å². The first-order chi connectivity index (χ1) is 28.2. The second-order valence-corrected chi connectivity index (χ2v) is 14.2. The van der Waals surface area contributed by atoms with E-state index in [9.17, 15) is 0 Å². The van der Waals surface area contributed by atoms with Crippen LogP contribution in [0.1, 0.15) is 0 Å². The summed E-state index contributed by atoms with van der Waals surface area (Å²) in [5, 5.41) is 6.28. The maximum Gasteiger partial charge on any atom is 0.227 e. The van der Waals surface area contributed by atoms with Crippen molar-refractivity contribution in [2.45, 2.75) is 0 Å². The number of rotatable bonds is 5. The summed E-state index contributed by atoms with van der Waals surface area (Å²) >= 11 is 0. The van der Waals surface area contributed by atoms with Gasteiger partial charge in [-0.2, -0.15) is 0 Å². The summed E-state index contributed by atoms with van der Waals surface area (Å²) in [6, 6.07) is 59.8. The highest BCUT2D eigenvalue weighted by atomic mass is 16.3. The molecule has 7 heteroatoms. The minimum atomic E-state index is 0.574. The van der Waals surface area contributed by atoms with Gasteiger partial charge in [0.1, 0.15) is 16.7 Å². The summed E-state index contributed by atoms with van der Waals surface area (Å²) in [6.07, 6.45) is 0. The average molecular weight is 732 g/mol. The SMILES string of the molecule is c1ccc(-c2nc(-c3ccc4c5c6c(ccc7nc(-c8ccccc8)oc76)ccc5n(-c5ccccc5)c4c3)nc(-c3cccc4oc5ccccc5c34)n2)cc1. The molecule has 4 heterocycles. The molecule has 0 aliphatic heterocycles. The van der Waals surface area contributed by atoms with Gasteiger partial charge in [-0.15, -0.1) is 0 Å². The topological polar surface area (TPSA) is 82.8 Å². The largest absolute Gasteiger partial charge is 0.456 e. The number of hydrogen-bond donors (Lipinski definition) is 0. The van der Waals surface area contributed by atoms with Gasteiger partial charge >= 0.3 is 0 Å². The molecule has 0 bridgehead atoms. The number of para-hydroxylation sites is 2. The van der Waals surface area contributed by atoms with Gasteiger partial charge in [-0.3, -0.25) is 0 Å². The number of aromatic nitrogens is 5. The van der Waals surface area contributed by atoms with Gasteiger partial charge < -0.3 is 13.4 Å². The van der Waals surface area contributed by atoms with Crippen LogP contribution in [-0.2, 0) is 0 Å². The molecule has 0 atom stereocenters. The molecule has 0 fully saturated rings. The smallest absolute Gasteiger partial charge is 0.227 e. The van der Waals surface area contributed by atoms with Crippen LogP contribution in [-0.4, -0.2) is 24.5 Å². The average Bonchev–Trinajstić information content (AvgIpc) is 3.99. The number of hydrogen-bond acceptors (Lipinski definition) is 6. The van der Waals surface area contributed by atoms with Gasteiger partial charge in [-0.1, -0.05) is 121 Å². The molecule has 0 aliphatic rings. The van der Waals surface area contributed by atoms with Gasteiger partial charge in [0.05, 0.1) is 11.0 Å². The molecule has 0 saturated heterocycles. The van der Waals surface area contributed by atoms with Crippen LogP contribution in [0.5, 0.6) is 0 Å². The van der Waals surface area contributed by atoms with Crippen LogP contribution in [0.4, 0.5) is 0 Å². The van der Waals surface area contributed by atoms with Crippen molar-refractivity contribution < 1.29 is 8.83 Å². The number of oxazole rings is 1. The van der Waals surface area contributed by atoms with E-state index in [1.165, 1.54) is 0 Å². The minimum absolute atomic E-state index is 0.574. The molecule has 266 valence electrons. The molecule has 0 unspecified atom stereocenters. The molecule has 0 N–H and O–H groups in total. The highest BCUT2D eigenvalue weighted by molar-refractivity contribution is 6.27. The Labute approximate surface area is 325 Å². The van der Waals surface area contributed by atoms with Crippen LogP contribution in [0.25, 0.3) is 117 Å². The zero-order chi connectivity index (χ0) is 37.5. The molecule has 0 aliphatic carbocycles. The van der Waals surface area contributed by atoms with E-state index in [1.807, 2.05) is 103 Å². The molecule has 8 aromatic carbocycles. The van der Waals surface area contributed by atoms with Crippen molar-refractivity contribution in [3.8, 4) is 51.3 Å². The van der Waals surface area contributed by atoms with Crippen LogP contribution < -0.4 is 0 Å². The Balaban J connectivity index is 1.13. The van der Waals surface area contributed by atoms with E-state index in [-0.39, 0.29) is 0 Å². The third-order valence-corrected chi connectivity index (χ3v) is 10.9. The minimum Gasteiger partial charge on any atom is -0.456 e. The summed E-state index contributed by atoms with van der Waals surface area (Å²) in [4.78, 5) is 20.4. The first-order valence-corrected chi connectivity index (χ1v) is 18.9. The Morgan fingerprint density at radius 2 is 1.09 bits per heavy atom. The van der Waals surface area contributed by atoms with Crippen molar-refractivity contribution >= 4 is 65.6 Å². The van der Waals surface area contributed by atoms with Crippen molar-refractivity contribution in [1.29, 1.82) is 0 Å². The fourth-order valence-electron chi connectivity index (χ4n) is 8.30. The summed E-state index contributed by atoms with van der Waals surface area (Å²) in [7, 11) is 0. The Bertz CT molecular complexity index is 3510. The van der Waals surface area contributed by atoms with Crippen molar-refractivity contribution in [3.63, 3.8) is 0 Å². The molecular weight excluding hydrogens is 703 g/mol. The van der Waals surface area contributed by atoms with Crippen LogP contribution in [0.2, 0.25) is 0 Å². The van der Waals surface area contributed by atoms with E-state index in [4.69, 9.17) is 28.8 Å². The highest BCUT2D eigenvalue weighted by Crippen LogP contribution is 2.42. The lowest BCUT2D eigenvalue weighted by Gasteiger charge is -2.11. The lowest BCUT2D eigenvalue weighted by molar-refractivity contribution is 0.623. The maximum atomic E-state index is 6.64. The molecule has 57 heavy (non-hydrogen) atoms. The first kappa shape index (κ1) is 31.5. The predicted octanol–water partition coefficient (Wildman–Crippen LogP) is 12.8. The van der Waals surface area contributed by atoms with Crippen molar-refractivity contribution in [2.24, 2.45) is 0 Å². The Morgan fingerprint density at radius 1 is 0.404 bits per heavy atom. The molecule has 12 rings (SSSR count). The van der Waals surface area contributed by atoms with Gasteiger partial charge in [-0.25, -0.2) is 19.9 Å². The maximum absolute atomic E-state index is 6.64. The van der Waals surface area contributed by atoms with E-state index < -0.39 is 0 Å².